The number of rotatable bonds is 6. The first-order chi connectivity index (χ1) is 13.5. The van der Waals surface area contributed by atoms with E-state index in [2.05, 4.69) is 27.2 Å². The molecule has 2 fully saturated rings. The predicted octanol–water partition coefficient (Wildman–Crippen LogP) is 2.32. The smallest absolute Gasteiger partial charge is 0.368 e. The number of anilines is 2. The average Bonchev–Trinajstić information content (AvgIpc) is 3.21. The van der Waals surface area contributed by atoms with Crippen molar-refractivity contribution < 1.29 is 22.9 Å². The molecule has 154 valence electrons. The van der Waals surface area contributed by atoms with Gasteiger partial charge >= 0.3 is 7.82 Å². The molecule has 4 rings (SSSR count). The highest BCUT2D eigenvalue weighted by Gasteiger charge is 2.52. The van der Waals surface area contributed by atoms with Crippen LogP contribution in [0, 0.1) is 5.92 Å². The quantitative estimate of drug-likeness (QED) is 0.680. The Hall–Kier alpha value is -1.78. The molecule has 12 heteroatoms. The van der Waals surface area contributed by atoms with Gasteiger partial charge in [-0.2, -0.15) is 9.97 Å². The van der Waals surface area contributed by atoms with Gasteiger partial charge in [0.15, 0.2) is 17.0 Å². The summed E-state index contributed by atoms with van der Waals surface area (Å²) in [7, 11) is -3.56. The van der Waals surface area contributed by atoms with E-state index in [4.69, 9.17) is 24.0 Å². The summed E-state index contributed by atoms with van der Waals surface area (Å²) in [5, 5.41) is 3.22. The molecule has 0 radical (unpaired) electrons. The van der Waals surface area contributed by atoms with E-state index in [1.54, 1.807) is 13.3 Å². The molecule has 5 atom stereocenters. The molecule has 2 aromatic rings. The second-order valence-corrected chi connectivity index (χ2v) is 8.46. The van der Waals surface area contributed by atoms with Crippen LogP contribution in [0.1, 0.15) is 33.4 Å². The van der Waals surface area contributed by atoms with Crippen LogP contribution in [0.5, 0.6) is 0 Å². The highest BCUT2D eigenvalue weighted by Crippen LogP contribution is 2.57. The molecule has 3 N–H and O–H groups in total. The Labute approximate surface area is 162 Å². The molecule has 28 heavy (non-hydrogen) atoms. The van der Waals surface area contributed by atoms with Crippen molar-refractivity contribution in [3.05, 3.63) is 6.33 Å². The van der Waals surface area contributed by atoms with Gasteiger partial charge in [0.1, 0.15) is 18.4 Å². The first-order valence-corrected chi connectivity index (χ1v) is 10.9. The molecule has 0 amide bonds. The van der Waals surface area contributed by atoms with Crippen LogP contribution in [-0.2, 0) is 22.9 Å². The minimum absolute atomic E-state index is 0.135. The normalized spacial score (nSPS) is 32.5. The zero-order chi connectivity index (χ0) is 19.9. The topological polar surface area (TPSA) is 136 Å². The van der Waals surface area contributed by atoms with Crippen molar-refractivity contribution in [3.8, 4) is 0 Å². The molecule has 0 bridgehead atoms. The number of nitrogens with one attached hydrogen (secondary N) is 1. The lowest BCUT2D eigenvalue weighted by Crippen LogP contribution is -2.36. The minimum Gasteiger partial charge on any atom is -0.368 e. The van der Waals surface area contributed by atoms with Crippen LogP contribution >= 0.6 is 7.82 Å². The Morgan fingerprint density at radius 2 is 2.25 bits per heavy atom. The van der Waals surface area contributed by atoms with E-state index in [9.17, 15) is 4.57 Å². The van der Waals surface area contributed by atoms with Crippen molar-refractivity contribution in [2.75, 3.05) is 30.8 Å². The summed E-state index contributed by atoms with van der Waals surface area (Å²) >= 11 is 0. The van der Waals surface area contributed by atoms with Crippen LogP contribution in [0.3, 0.4) is 0 Å². The Kier molecular flexibility index (Phi) is 5.28. The van der Waals surface area contributed by atoms with Crippen LogP contribution < -0.4 is 11.1 Å². The third-order valence-corrected chi connectivity index (χ3v) is 6.38. The third-order valence-electron chi connectivity index (χ3n) is 4.84. The number of ether oxygens (including phenoxy) is 1. The Morgan fingerprint density at radius 3 is 3.00 bits per heavy atom. The number of nitrogen functional groups attached to an aromatic ring is 1. The van der Waals surface area contributed by atoms with Crippen LogP contribution in [0.25, 0.3) is 11.2 Å². The lowest BCUT2D eigenvalue weighted by atomic mass is 10.0. The van der Waals surface area contributed by atoms with Crippen molar-refractivity contribution in [2.45, 2.75) is 45.6 Å². The standard InChI is InChI=1S/C16H25N6O5P/c1-4-6-18-13-11-14(21-16(17)20-13)22(8-19-11)15-9(3)12-10(26-15)7-25-28(23,27-12)24-5-2/h8-10,12,15H,4-7H2,1-3H3,(H3,17,18,20,21)/t9-,10?,12-,15+,28?/m0/s1. The summed E-state index contributed by atoms with van der Waals surface area (Å²) < 4.78 is 36.6. The maximum atomic E-state index is 12.5. The van der Waals surface area contributed by atoms with Gasteiger partial charge in [-0.1, -0.05) is 13.8 Å². The van der Waals surface area contributed by atoms with E-state index in [0.29, 0.717) is 17.0 Å². The summed E-state index contributed by atoms with van der Waals surface area (Å²) in [6.45, 7) is 6.88. The molecule has 2 aliphatic heterocycles. The van der Waals surface area contributed by atoms with Gasteiger partial charge in [-0.15, -0.1) is 0 Å². The number of aromatic nitrogens is 4. The summed E-state index contributed by atoms with van der Waals surface area (Å²) in [5.74, 6) is 0.603. The van der Waals surface area contributed by atoms with Crippen molar-refractivity contribution >= 4 is 30.8 Å². The summed E-state index contributed by atoms with van der Waals surface area (Å²) in [5.41, 5.74) is 7.08. The van der Waals surface area contributed by atoms with Gasteiger partial charge in [0.2, 0.25) is 5.95 Å². The largest absolute Gasteiger partial charge is 0.475 e. The highest BCUT2D eigenvalue weighted by molar-refractivity contribution is 7.48. The number of imidazole rings is 1. The van der Waals surface area contributed by atoms with Gasteiger partial charge < -0.3 is 15.8 Å². The summed E-state index contributed by atoms with van der Waals surface area (Å²) in [6, 6.07) is 0. The molecular formula is C16H25N6O5P. The van der Waals surface area contributed by atoms with Crippen molar-refractivity contribution in [2.24, 2.45) is 5.92 Å². The number of phosphoric acid groups is 1. The van der Waals surface area contributed by atoms with Gasteiger partial charge in [0.05, 0.1) is 19.5 Å². The molecular weight excluding hydrogens is 387 g/mol. The monoisotopic (exact) mass is 412 g/mol. The number of phosphoric ester groups is 1. The fraction of sp³-hybridized carbons (Fsp3) is 0.688. The predicted molar refractivity (Wildman–Crippen MR) is 102 cm³/mol. The molecule has 4 heterocycles. The van der Waals surface area contributed by atoms with E-state index >= 15 is 0 Å². The number of hydrogen-bond donors (Lipinski definition) is 2. The number of hydrogen-bond acceptors (Lipinski definition) is 10. The molecule has 0 aliphatic carbocycles. The van der Waals surface area contributed by atoms with Crippen molar-refractivity contribution in [1.82, 2.24) is 19.5 Å². The van der Waals surface area contributed by atoms with E-state index < -0.39 is 20.2 Å². The molecule has 2 saturated heterocycles. The van der Waals surface area contributed by atoms with E-state index in [0.717, 1.165) is 13.0 Å². The van der Waals surface area contributed by atoms with Crippen LogP contribution in [0.4, 0.5) is 11.8 Å². The van der Waals surface area contributed by atoms with Gasteiger partial charge in [-0.05, 0) is 13.3 Å². The molecule has 0 aromatic carbocycles. The van der Waals surface area contributed by atoms with Crippen LogP contribution in [0.15, 0.2) is 6.33 Å². The molecule has 0 saturated carbocycles. The minimum atomic E-state index is -3.56. The van der Waals surface area contributed by atoms with Gasteiger partial charge in [0, 0.05) is 12.5 Å². The highest BCUT2D eigenvalue weighted by atomic mass is 31.2. The zero-order valence-corrected chi connectivity index (χ0v) is 17.0. The fourth-order valence-electron chi connectivity index (χ4n) is 3.55. The van der Waals surface area contributed by atoms with Gasteiger partial charge in [-0.3, -0.25) is 18.1 Å². The zero-order valence-electron chi connectivity index (χ0n) is 16.1. The first-order valence-electron chi connectivity index (χ1n) is 9.42. The van der Waals surface area contributed by atoms with Crippen molar-refractivity contribution in [3.63, 3.8) is 0 Å². The molecule has 0 spiro atoms. The van der Waals surface area contributed by atoms with Crippen LogP contribution in [0.2, 0.25) is 0 Å². The van der Waals surface area contributed by atoms with Crippen molar-refractivity contribution in [1.29, 1.82) is 0 Å². The molecule has 2 aromatic heterocycles. The van der Waals surface area contributed by atoms with E-state index in [1.165, 1.54) is 0 Å². The number of nitrogens with two attached hydrogens (primary N) is 1. The average molecular weight is 412 g/mol. The second-order valence-electron chi connectivity index (χ2n) is 6.84. The maximum Gasteiger partial charge on any atom is 0.475 e. The molecule has 2 aliphatic rings. The Balaban J connectivity index is 1.64. The molecule has 2 unspecified atom stereocenters. The molecule has 11 nitrogen and oxygen atoms in total. The summed E-state index contributed by atoms with van der Waals surface area (Å²) in [4.78, 5) is 13.1. The number of nitrogens with zero attached hydrogens (tertiary/aromatic N) is 4. The first kappa shape index (κ1) is 19.5. The number of fused-ring (bicyclic) bond motifs is 2. The van der Waals surface area contributed by atoms with Gasteiger partial charge in [-0.25, -0.2) is 9.55 Å². The van der Waals surface area contributed by atoms with Gasteiger partial charge in [0.25, 0.3) is 0 Å². The lowest BCUT2D eigenvalue weighted by molar-refractivity contribution is -0.0701. The van der Waals surface area contributed by atoms with E-state index in [1.807, 2.05) is 11.5 Å². The Bertz CT molecular complexity index is 907. The summed E-state index contributed by atoms with van der Waals surface area (Å²) in [6.07, 6.45) is 1.37. The Morgan fingerprint density at radius 1 is 1.43 bits per heavy atom. The fourth-order valence-corrected chi connectivity index (χ4v) is 5.02. The third kappa shape index (κ3) is 3.37. The van der Waals surface area contributed by atoms with Crippen LogP contribution in [-0.4, -0.2) is 51.5 Å². The SMILES string of the molecule is CCCNc1nc(N)nc2c1ncn2[C@@H]1OC2COP(=O)(OCC)O[C@H]2[C@@H]1C. The lowest BCUT2D eigenvalue weighted by Gasteiger charge is -2.31. The second kappa shape index (κ2) is 7.57. The van der Waals surface area contributed by atoms with E-state index in [-0.39, 0.29) is 31.2 Å². The maximum absolute atomic E-state index is 12.5.